The first-order valence-corrected chi connectivity index (χ1v) is 6.05. The molecule has 0 aliphatic heterocycles. The largest absolute Gasteiger partial charge is 0.478 e. The number of rotatable bonds is 5. The van der Waals surface area contributed by atoms with E-state index in [9.17, 15) is 18.8 Å². The summed E-state index contributed by atoms with van der Waals surface area (Å²) in [5.74, 6) is -4.35. The molecule has 0 amide bonds. The molecule has 1 rings (SSSR count). The number of carboxylic acids is 1. The quantitative estimate of drug-likeness (QED) is 0.626. The zero-order valence-electron chi connectivity index (χ0n) is 11.5. The fourth-order valence-corrected chi connectivity index (χ4v) is 1.58. The summed E-state index contributed by atoms with van der Waals surface area (Å²) in [5, 5.41) is 11.1. The van der Waals surface area contributed by atoms with Gasteiger partial charge in [0.25, 0.3) is 0 Å². The van der Waals surface area contributed by atoms with Crippen LogP contribution in [-0.4, -0.2) is 37.2 Å². The molecule has 0 spiro atoms. The Kier molecular flexibility index (Phi) is 5.88. The van der Waals surface area contributed by atoms with Crippen LogP contribution in [0.15, 0.2) is 23.9 Å². The topological polar surface area (TPSA) is 102 Å². The van der Waals surface area contributed by atoms with Gasteiger partial charge in [0, 0.05) is 0 Å². The van der Waals surface area contributed by atoms with E-state index in [1.54, 1.807) is 0 Å². The molecule has 0 saturated carbocycles. The van der Waals surface area contributed by atoms with Crippen molar-refractivity contribution in [1.82, 2.24) is 0 Å². The lowest BCUT2D eigenvalue weighted by molar-refractivity contribution is -0.138. The number of halogens is 2. The zero-order valence-corrected chi connectivity index (χ0v) is 12.2. The third kappa shape index (κ3) is 4.19. The number of nitrogens with one attached hydrogen (secondary N) is 1. The standard InChI is InChI=1S/C13H11ClFNO6/c1-21-11(17)5-10(13(20)22-2)16-9-3-6(12(18)19)8(15)4-7(9)14/h3-5,16H,1-2H3,(H,18,19)/b10-5+. The molecule has 0 saturated heterocycles. The van der Waals surface area contributed by atoms with Crippen LogP contribution in [0.4, 0.5) is 10.1 Å². The maximum atomic E-state index is 13.4. The van der Waals surface area contributed by atoms with Crippen LogP contribution in [0.25, 0.3) is 0 Å². The molecule has 0 aliphatic rings. The molecular weight excluding hydrogens is 321 g/mol. The summed E-state index contributed by atoms with van der Waals surface area (Å²) in [6.45, 7) is 0. The van der Waals surface area contributed by atoms with E-state index in [0.29, 0.717) is 0 Å². The molecule has 0 aliphatic carbocycles. The highest BCUT2D eigenvalue weighted by Gasteiger charge is 2.18. The van der Waals surface area contributed by atoms with Gasteiger partial charge in [0.05, 0.1) is 36.6 Å². The van der Waals surface area contributed by atoms with Gasteiger partial charge in [-0.1, -0.05) is 11.6 Å². The Morgan fingerprint density at radius 3 is 2.41 bits per heavy atom. The van der Waals surface area contributed by atoms with Gasteiger partial charge in [-0.25, -0.2) is 18.8 Å². The van der Waals surface area contributed by atoms with Gasteiger partial charge in [0.1, 0.15) is 11.5 Å². The SMILES string of the molecule is COC(=O)/C=C(/Nc1cc(C(=O)O)c(F)cc1Cl)C(=O)OC. The highest BCUT2D eigenvalue weighted by atomic mass is 35.5. The molecule has 0 bridgehead atoms. The van der Waals surface area contributed by atoms with Gasteiger partial charge in [-0.15, -0.1) is 0 Å². The second-order valence-electron chi connectivity index (χ2n) is 3.81. The number of ether oxygens (including phenoxy) is 2. The first-order valence-electron chi connectivity index (χ1n) is 5.67. The van der Waals surface area contributed by atoms with E-state index in [1.807, 2.05) is 0 Å². The average molecular weight is 332 g/mol. The maximum absolute atomic E-state index is 13.4. The lowest BCUT2D eigenvalue weighted by Gasteiger charge is -2.11. The number of esters is 2. The van der Waals surface area contributed by atoms with Crippen LogP contribution in [0.2, 0.25) is 5.02 Å². The van der Waals surface area contributed by atoms with E-state index in [0.717, 1.165) is 32.4 Å². The molecule has 0 aromatic heterocycles. The van der Waals surface area contributed by atoms with Crippen LogP contribution in [0.1, 0.15) is 10.4 Å². The van der Waals surface area contributed by atoms with Gasteiger partial charge in [0.2, 0.25) is 0 Å². The minimum absolute atomic E-state index is 0.0963. The van der Waals surface area contributed by atoms with Crippen molar-refractivity contribution in [3.8, 4) is 0 Å². The Morgan fingerprint density at radius 1 is 1.27 bits per heavy atom. The molecule has 0 unspecified atom stereocenters. The predicted molar refractivity (Wildman–Crippen MR) is 74.1 cm³/mol. The van der Waals surface area contributed by atoms with Crippen molar-refractivity contribution in [3.05, 3.63) is 40.3 Å². The molecule has 2 N–H and O–H groups in total. The van der Waals surface area contributed by atoms with Crippen LogP contribution in [0, 0.1) is 5.82 Å². The number of anilines is 1. The molecule has 0 fully saturated rings. The van der Waals surface area contributed by atoms with Gasteiger partial charge >= 0.3 is 17.9 Å². The Hall–Kier alpha value is -2.61. The highest BCUT2D eigenvalue weighted by Crippen LogP contribution is 2.27. The van der Waals surface area contributed by atoms with Crippen molar-refractivity contribution in [2.75, 3.05) is 19.5 Å². The predicted octanol–water partition coefficient (Wildman–Crippen LogP) is 1.82. The van der Waals surface area contributed by atoms with Gasteiger partial charge < -0.3 is 19.9 Å². The fraction of sp³-hybridized carbons (Fsp3) is 0.154. The molecule has 0 heterocycles. The van der Waals surface area contributed by atoms with Gasteiger partial charge in [-0.3, -0.25) is 0 Å². The number of aromatic carboxylic acids is 1. The number of benzene rings is 1. The Balaban J connectivity index is 3.26. The number of hydrogen-bond acceptors (Lipinski definition) is 6. The lowest BCUT2D eigenvalue weighted by Crippen LogP contribution is -2.16. The lowest BCUT2D eigenvalue weighted by atomic mass is 10.2. The van der Waals surface area contributed by atoms with Crippen LogP contribution >= 0.6 is 11.6 Å². The molecule has 9 heteroatoms. The minimum Gasteiger partial charge on any atom is -0.478 e. The smallest absolute Gasteiger partial charge is 0.354 e. The van der Waals surface area contributed by atoms with Crippen molar-refractivity contribution in [3.63, 3.8) is 0 Å². The molecule has 7 nitrogen and oxygen atoms in total. The van der Waals surface area contributed by atoms with E-state index in [1.165, 1.54) is 0 Å². The average Bonchev–Trinajstić information content (AvgIpc) is 2.47. The Labute approximate surface area is 129 Å². The summed E-state index contributed by atoms with van der Waals surface area (Å²) in [5.41, 5.74) is -1.12. The third-order valence-corrected chi connectivity index (χ3v) is 2.74. The summed E-state index contributed by atoms with van der Waals surface area (Å²) in [6.07, 6.45) is 0.784. The second-order valence-corrected chi connectivity index (χ2v) is 4.22. The summed E-state index contributed by atoms with van der Waals surface area (Å²) < 4.78 is 22.3. The number of methoxy groups -OCH3 is 2. The highest BCUT2D eigenvalue weighted by molar-refractivity contribution is 6.33. The van der Waals surface area contributed by atoms with Crippen molar-refractivity contribution >= 4 is 35.2 Å². The van der Waals surface area contributed by atoms with E-state index >= 15 is 0 Å². The normalized spacial score (nSPS) is 10.8. The Bertz CT molecular complexity index is 658. The van der Waals surface area contributed by atoms with E-state index in [-0.39, 0.29) is 16.4 Å². The number of hydrogen-bond donors (Lipinski definition) is 2. The summed E-state index contributed by atoms with van der Waals surface area (Å²) in [4.78, 5) is 33.7. The van der Waals surface area contributed by atoms with Crippen LogP contribution in [0.5, 0.6) is 0 Å². The van der Waals surface area contributed by atoms with Crippen LogP contribution in [-0.2, 0) is 19.1 Å². The van der Waals surface area contributed by atoms with E-state index in [4.69, 9.17) is 16.7 Å². The van der Waals surface area contributed by atoms with Crippen LogP contribution < -0.4 is 5.32 Å². The monoisotopic (exact) mass is 331 g/mol. The second kappa shape index (κ2) is 7.41. The molecule has 1 aromatic rings. The van der Waals surface area contributed by atoms with Crippen LogP contribution in [0.3, 0.4) is 0 Å². The fourth-order valence-electron chi connectivity index (χ4n) is 1.39. The summed E-state index contributed by atoms with van der Waals surface area (Å²) in [7, 11) is 2.17. The van der Waals surface area contributed by atoms with Crippen molar-refractivity contribution in [2.24, 2.45) is 0 Å². The van der Waals surface area contributed by atoms with E-state index in [2.05, 4.69) is 14.8 Å². The molecule has 118 valence electrons. The molecule has 1 aromatic carbocycles. The van der Waals surface area contributed by atoms with Gasteiger partial charge in [-0.2, -0.15) is 0 Å². The third-order valence-electron chi connectivity index (χ3n) is 2.43. The molecular formula is C13H11ClFNO6. The van der Waals surface area contributed by atoms with Gasteiger partial charge in [-0.05, 0) is 12.1 Å². The number of carboxylic acid groups (broad SMARTS) is 1. The summed E-state index contributed by atoms with van der Waals surface area (Å²) >= 11 is 5.78. The maximum Gasteiger partial charge on any atom is 0.354 e. The Morgan fingerprint density at radius 2 is 1.91 bits per heavy atom. The van der Waals surface area contributed by atoms with Gasteiger partial charge in [0.15, 0.2) is 0 Å². The zero-order chi connectivity index (χ0) is 16.9. The minimum atomic E-state index is -1.52. The molecule has 22 heavy (non-hydrogen) atoms. The first-order chi connectivity index (χ1) is 10.3. The van der Waals surface area contributed by atoms with E-state index < -0.39 is 29.3 Å². The molecule has 0 radical (unpaired) electrons. The van der Waals surface area contributed by atoms with Crippen molar-refractivity contribution in [1.29, 1.82) is 0 Å². The summed E-state index contributed by atoms with van der Waals surface area (Å²) in [6, 6.07) is 1.65. The van der Waals surface area contributed by atoms with Crippen molar-refractivity contribution < 1.29 is 33.4 Å². The number of carbonyl (C=O) groups excluding carboxylic acids is 2. The first kappa shape index (κ1) is 17.4. The number of carbonyl (C=O) groups is 3. The van der Waals surface area contributed by atoms with Crippen molar-refractivity contribution in [2.45, 2.75) is 0 Å². The molecule has 0 atom stereocenters.